The highest BCUT2D eigenvalue weighted by Gasteiger charge is 2.30. The summed E-state index contributed by atoms with van der Waals surface area (Å²) in [5, 5.41) is 2.45. The fourth-order valence-corrected chi connectivity index (χ4v) is 3.68. The van der Waals surface area contributed by atoms with Crippen molar-refractivity contribution in [2.24, 2.45) is 5.92 Å². The number of fused-ring (bicyclic) bond motifs is 2. The van der Waals surface area contributed by atoms with E-state index in [4.69, 9.17) is 0 Å². The van der Waals surface area contributed by atoms with E-state index in [0.717, 1.165) is 17.5 Å². The van der Waals surface area contributed by atoms with Gasteiger partial charge in [-0.05, 0) is 46.4 Å². The molecule has 3 aromatic rings. The molecule has 0 radical (unpaired) electrons. The van der Waals surface area contributed by atoms with E-state index in [-0.39, 0.29) is 11.7 Å². The molecule has 1 aliphatic carbocycles. The van der Waals surface area contributed by atoms with Crippen molar-refractivity contribution in [2.45, 2.75) is 20.3 Å². The number of carbonyl (C=O) groups is 1. The van der Waals surface area contributed by atoms with Crippen molar-refractivity contribution in [3.05, 3.63) is 71.3 Å². The Morgan fingerprint density at radius 1 is 0.909 bits per heavy atom. The van der Waals surface area contributed by atoms with Crippen LogP contribution >= 0.6 is 0 Å². The molecule has 1 aliphatic rings. The fourth-order valence-electron chi connectivity index (χ4n) is 3.68. The van der Waals surface area contributed by atoms with Crippen LogP contribution in [0.15, 0.2) is 54.6 Å². The summed E-state index contributed by atoms with van der Waals surface area (Å²) in [5.74, 6) is 0.393. The van der Waals surface area contributed by atoms with Crippen LogP contribution in [0, 0.1) is 12.8 Å². The lowest BCUT2D eigenvalue weighted by Crippen LogP contribution is -2.05. The Labute approximate surface area is 130 Å². The molecule has 1 nitrogen and oxygen atoms in total. The molecule has 0 aliphatic heterocycles. The van der Waals surface area contributed by atoms with Gasteiger partial charge >= 0.3 is 0 Å². The largest absolute Gasteiger partial charge is 0.294 e. The smallest absolute Gasteiger partial charge is 0.166 e. The molecule has 0 heterocycles. The van der Waals surface area contributed by atoms with Gasteiger partial charge in [0.25, 0.3) is 0 Å². The van der Waals surface area contributed by atoms with Crippen LogP contribution in [-0.2, 0) is 6.42 Å². The first-order valence-electron chi connectivity index (χ1n) is 7.81. The van der Waals surface area contributed by atoms with Crippen LogP contribution < -0.4 is 0 Å². The van der Waals surface area contributed by atoms with E-state index in [1.54, 1.807) is 0 Å². The number of hydrogen-bond donors (Lipinski definition) is 0. The number of rotatable bonds is 1. The Morgan fingerprint density at radius 3 is 2.59 bits per heavy atom. The Hall–Kier alpha value is -2.41. The van der Waals surface area contributed by atoms with E-state index in [1.165, 1.54) is 27.5 Å². The molecule has 4 rings (SSSR count). The third-order valence-corrected chi connectivity index (χ3v) is 4.78. The van der Waals surface area contributed by atoms with Crippen LogP contribution in [0.3, 0.4) is 0 Å². The number of benzene rings is 3. The summed E-state index contributed by atoms with van der Waals surface area (Å²) in [6.45, 7) is 4.16. The maximum atomic E-state index is 12.6. The highest BCUT2D eigenvalue weighted by Crippen LogP contribution is 2.39. The second-order valence-corrected chi connectivity index (χ2v) is 6.29. The molecule has 0 saturated heterocycles. The topological polar surface area (TPSA) is 17.1 Å². The Morgan fingerprint density at radius 2 is 1.73 bits per heavy atom. The van der Waals surface area contributed by atoms with Crippen LogP contribution in [0.1, 0.15) is 28.4 Å². The number of Topliss-reactive ketones (excluding diaryl/α,β-unsaturated/α-hetero) is 1. The molecule has 0 amide bonds. The molecule has 0 spiro atoms. The Kier molecular flexibility index (Phi) is 2.90. The molecule has 108 valence electrons. The van der Waals surface area contributed by atoms with E-state index < -0.39 is 0 Å². The summed E-state index contributed by atoms with van der Waals surface area (Å²) in [5.41, 5.74) is 5.66. The van der Waals surface area contributed by atoms with Crippen molar-refractivity contribution in [1.82, 2.24) is 0 Å². The molecule has 22 heavy (non-hydrogen) atoms. The number of ketones is 1. The third-order valence-electron chi connectivity index (χ3n) is 4.78. The van der Waals surface area contributed by atoms with E-state index in [2.05, 4.69) is 61.5 Å². The zero-order valence-corrected chi connectivity index (χ0v) is 12.9. The molecular weight excluding hydrogens is 268 g/mol. The lowest BCUT2D eigenvalue weighted by atomic mass is 9.89. The van der Waals surface area contributed by atoms with Gasteiger partial charge in [-0.1, -0.05) is 61.5 Å². The SMILES string of the molecule is Cc1ccc2ccccc2c1-c1cccc2c1C(=O)C(C)C2. The maximum absolute atomic E-state index is 12.6. The first kappa shape index (κ1) is 13.3. The Bertz CT molecular complexity index is 905. The molecule has 0 bridgehead atoms. The highest BCUT2D eigenvalue weighted by atomic mass is 16.1. The minimum atomic E-state index is 0.103. The summed E-state index contributed by atoms with van der Waals surface area (Å²) >= 11 is 0. The number of hydrogen-bond acceptors (Lipinski definition) is 1. The average molecular weight is 286 g/mol. The van der Waals surface area contributed by atoms with Crippen molar-refractivity contribution < 1.29 is 4.79 Å². The van der Waals surface area contributed by atoms with E-state index in [0.29, 0.717) is 0 Å². The lowest BCUT2D eigenvalue weighted by molar-refractivity contribution is 0.0947. The second-order valence-electron chi connectivity index (χ2n) is 6.29. The van der Waals surface area contributed by atoms with Crippen molar-refractivity contribution in [1.29, 1.82) is 0 Å². The summed E-state index contributed by atoms with van der Waals surface area (Å²) < 4.78 is 0. The summed E-state index contributed by atoms with van der Waals surface area (Å²) in [4.78, 5) is 12.6. The zero-order valence-electron chi connectivity index (χ0n) is 12.9. The third kappa shape index (κ3) is 1.82. The molecule has 0 saturated carbocycles. The summed E-state index contributed by atoms with van der Waals surface area (Å²) in [6, 6.07) is 19.0. The van der Waals surface area contributed by atoms with Crippen molar-refractivity contribution in [3.8, 4) is 11.1 Å². The van der Waals surface area contributed by atoms with Gasteiger partial charge in [-0.15, -0.1) is 0 Å². The van der Waals surface area contributed by atoms with E-state index in [1.807, 2.05) is 6.92 Å². The van der Waals surface area contributed by atoms with Gasteiger partial charge in [-0.2, -0.15) is 0 Å². The number of aryl methyl sites for hydroxylation is 1. The highest BCUT2D eigenvalue weighted by molar-refractivity contribution is 6.11. The molecule has 0 fully saturated rings. The molecular formula is C21H18O. The predicted molar refractivity (Wildman–Crippen MR) is 91.3 cm³/mol. The zero-order chi connectivity index (χ0) is 15.3. The minimum Gasteiger partial charge on any atom is -0.294 e. The van der Waals surface area contributed by atoms with Crippen molar-refractivity contribution in [3.63, 3.8) is 0 Å². The molecule has 0 N–H and O–H groups in total. The van der Waals surface area contributed by atoms with Gasteiger partial charge in [-0.25, -0.2) is 0 Å². The van der Waals surface area contributed by atoms with Crippen LogP contribution in [0.5, 0.6) is 0 Å². The van der Waals surface area contributed by atoms with Gasteiger partial charge in [-0.3, -0.25) is 4.79 Å². The van der Waals surface area contributed by atoms with Crippen molar-refractivity contribution >= 4 is 16.6 Å². The molecule has 0 aromatic heterocycles. The molecule has 1 atom stereocenters. The van der Waals surface area contributed by atoms with Gasteiger partial charge < -0.3 is 0 Å². The van der Waals surface area contributed by atoms with Gasteiger partial charge in [0.15, 0.2) is 5.78 Å². The predicted octanol–water partition coefficient (Wildman–Crippen LogP) is 5.19. The van der Waals surface area contributed by atoms with Crippen LogP contribution in [0.2, 0.25) is 0 Å². The van der Waals surface area contributed by atoms with Crippen LogP contribution in [-0.4, -0.2) is 5.78 Å². The monoisotopic (exact) mass is 286 g/mol. The first-order chi connectivity index (χ1) is 10.7. The van der Waals surface area contributed by atoms with Crippen molar-refractivity contribution in [2.75, 3.05) is 0 Å². The number of carbonyl (C=O) groups excluding carboxylic acids is 1. The molecule has 3 aromatic carbocycles. The second kappa shape index (κ2) is 4.81. The normalized spacial score (nSPS) is 17.0. The standard InChI is InChI=1S/C21H18O/c1-13-10-11-15-6-3-4-8-17(15)19(13)18-9-5-7-16-12-14(2)21(22)20(16)18/h3-11,14H,12H2,1-2H3. The quantitative estimate of drug-likeness (QED) is 0.601. The summed E-state index contributed by atoms with van der Waals surface area (Å²) in [7, 11) is 0. The Balaban J connectivity index is 2.09. The van der Waals surface area contributed by atoms with E-state index in [9.17, 15) is 4.79 Å². The van der Waals surface area contributed by atoms with Gasteiger partial charge in [0, 0.05) is 11.5 Å². The molecule has 1 unspecified atom stereocenters. The lowest BCUT2D eigenvalue weighted by Gasteiger charge is -2.14. The minimum absolute atomic E-state index is 0.103. The van der Waals surface area contributed by atoms with Crippen LogP contribution in [0.4, 0.5) is 0 Å². The van der Waals surface area contributed by atoms with Gasteiger partial charge in [0.1, 0.15) is 0 Å². The molecule has 1 heteroatoms. The first-order valence-corrected chi connectivity index (χ1v) is 7.81. The summed E-state index contributed by atoms with van der Waals surface area (Å²) in [6.07, 6.45) is 0.867. The van der Waals surface area contributed by atoms with E-state index >= 15 is 0 Å². The van der Waals surface area contributed by atoms with Gasteiger partial charge in [0.2, 0.25) is 0 Å². The van der Waals surface area contributed by atoms with Gasteiger partial charge in [0.05, 0.1) is 0 Å². The average Bonchev–Trinajstić information content (AvgIpc) is 2.82. The van der Waals surface area contributed by atoms with Crippen LogP contribution in [0.25, 0.3) is 21.9 Å². The maximum Gasteiger partial charge on any atom is 0.166 e. The fraction of sp³-hybridized carbons (Fsp3) is 0.190.